The van der Waals surface area contributed by atoms with Gasteiger partial charge in [-0.05, 0) is 47.7 Å². The van der Waals surface area contributed by atoms with Gasteiger partial charge in [0.05, 0.1) is 20.3 Å². The van der Waals surface area contributed by atoms with Crippen molar-refractivity contribution >= 4 is 10.9 Å². The monoisotopic (exact) mass is 382 g/mol. The first kappa shape index (κ1) is 18.8. The molecule has 148 valence electrons. The van der Waals surface area contributed by atoms with Crippen LogP contribution in [0.1, 0.15) is 49.2 Å². The summed E-state index contributed by atoms with van der Waals surface area (Å²) in [6.07, 6.45) is 0.856. The van der Waals surface area contributed by atoms with Gasteiger partial charge in [0, 0.05) is 34.3 Å². The van der Waals surface area contributed by atoms with E-state index in [0.29, 0.717) is 0 Å². The molecule has 2 aromatic carbocycles. The minimum absolute atomic E-state index is 0.0685. The second-order valence-electron chi connectivity index (χ2n) is 8.39. The highest BCUT2D eigenvalue weighted by molar-refractivity contribution is 5.85. The van der Waals surface area contributed by atoms with Gasteiger partial charge in [-0.2, -0.15) is 0 Å². The zero-order chi connectivity index (χ0) is 20.1. The Morgan fingerprint density at radius 1 is 1.04 bits per heavy atom. The molecular formula is C23H27FN2O2. The molecule has 4 nitrogen and oxygen atoms in total. The fourth-order valence-corrected chi connectivity index (χ4v) is 4.20. The fraction of sp³-hybridized carbons (Fsp3) is 0.391. The molecule has 0 bridgehead atoms. The van der Waals surface area contributed by atoms with E-state index in [0.717, 1.165) is 52.2 Å². The highest BCUT2D eigenvalue weighted by Crippen LogP contribution is 2.42. The van der Waals surface area contributed by atoms with Crippen molar-refractivity contribution in [2.45, 2.75) is 38.6 Å². The minimum Gasteiger partial charge on any atom is -0.496 e. The number of benzene rings is 2. The predicted molar refractivity (Wildman–Crippen MR) is 110 cm³/mol. The quantitative estimate of drug-likeness (QED) is 0.680. The van der Waals surface area contributed by atoms with E-state index in [-0.39, 0.29) is 17.3 Å². The zero-order valence-electron chi connectivity index (χ0n) is 17.1. The Balaban J connectivity index is 1.90. The molecule has 0 saturated carbocycles. The number of fused-ring (bicyclic) bond motifs is 3. The molecule has 0 saturated heterocycles. The highest BCUT2D eigenvalue weighted by atomic mass is 19.1. The maximum absolute atomic E-state index is 13.8. The number of hydrogen-bond donors (Lipinski definition) is 2. The van der Waals surface area contributed by atoms with Crippen molar-refractivity contribution in [3.8, 4) is 11.5 Å². The van der Waals surface area contributed by atoms with E-state index in [9.17, 15) is 4.39 Å². The number of ether oxygens (including phenoxy) is 2. The molecule has 28 heavy (non-hydrogen) atoms. The number of rotatable bonds is 3. The van der Waals surface area contributed by atoms with Crippen molar-refractivity contribution in [3.05, 3.63) is 58.5 Å². The molecule has 0 radical (unpaired) electrons. The molecule has 0 aliphatic carbocycles. The second kappa shape index (κ2) is 6.82. The van der Waals surface area contributed by atoms with E-state index in [4.69, 9.17) is 9.47 Å². The third kappa shape index (κ3) is 3.04. The van der Waals surface area contributed by atoms with Crippen molar-refractivity contribution in [2.75, 3.05) is 20.8 Å². The lowest BCUT2D eigenvalue weighted by Crippen LogP contribution is -2.31. The van der Waals surface area contributed by atoms with Gasteiger partial charge in [-0.1, -0.05) is 20.8 Å². The van der Waals surface area contributed by atoms with Crippen LogP contribution in [0, 0.1) is 5.82 Å². The number of halogens is 1. The summed E-state index contributed by atoms with van der Waals surface area (Å²) < 4.78 is 25.3. The van der Waals surface area contributed by atoms with E-state index < -0.39 is 0 Å². The number of nitrogens with one attached hydrogen (secondary N) is 2. The molecule has 5 heteroatoms. The van der Waals surface area contributed by atoms with E-state index in [2.05, 4.69) is 43.2 Å². The maximum atomic E-state index is 13.8. The Morgan fingerprint density at radius 3 is 2.46 bits per heavy atom. The van der Waals surface area contributed by atoms with Gasteiger partial charge >= 0.3 is 0 Å². The van der Waals surface area contributed by atoms with E-state index >= 15 is 0 Å². The number of hydrogen-bond acceptors (Lipinski definition) is 3. The highest BCUT2D eigenvalue weighted by Gasteiger charge is 2.30. The van der Waals surface area contributed by atoms with Crippen molar-refractivity contribution in [3.63, 3.8) is 0 Å². The van der Waals surface area contributed by atoms with Gasteiger partial charge in [0.1, 0.15) is 17.3 Å². The second-order valence-corrected chi connectivity index (χ2v) is 8.39. The molecule has 2 N–H and O–H groups in total. The minimum atomic E-state index is -0.210. The van der Waals surface area contributed by atoms with Crippen molar-refractivity contribution in [2.24, 2.45) is 0 Å². The number of methoxy groups -OCH3 is 2. The average Bonchev–Trinajstić information content (AvgIpc) is 3.04. The van der Waals surface area contributed by atoms with Gasteiger partial charge < -0.3 is 19.8 Å². The number of H-pyrrole nitrogens is 1. The summed E-state index contributed by atoms with van der Waals surface area (Å²) in [6, 6.07) is 8.99. The summed E-state index contributed by atoms with van der Waals surface area (Å²) in [6.45, 7) is 7.29. The zero-order valence-corrected chi connectivity index (χ0v) is 17.1. The summed E-state index contributed by atoms with van der Waals surface area (Å²) in [5, 5.41) is 4.55. The van der Waals surface area contributed by atoms with Crippen LogP contribution in [-0.4, -0.2) is 25.7 Å². The summed E-state index contributed by atoms with van der Waals surface area (Å²) in [7, 11) is 3.40. The molecule has 0 amide bonds. The molecule has 2 heterocycles. The molecule has 1 aliphatic heterocycles. The predicted octanol–water partition coefficient (Wildman–Crippen LogP) is 4.86. The Bertz CT molecular complexity index is 1030. The van der Waals surface area contributed by atoms with Gasteiger partial charge in [-0.3, -0.25) is 0 Å². The summed E-state index contributed by atoms with van der Waals surface area (Å²) >= 11 is 0. The molecule has 1 atom stereocenters. The molecule has 1 aliphatic rings. The van der Waals surface area contributed by atoms with Crippen LogP contribution in [-0.2, 0) is 11.8 Å². The van der Waals surface area contributed by atoms with Crippen LogP contribution in [0.5, 0.6) is 11.5 Å². The van der Waals surface area contributed by atoms with Crippen LogP contribution in [0.4, 0.5) is 4.39 Å². The molecule has 1 aromatic heterocycles. The van der Waals surface area contributed by atoms with Gasteiger partial charge in [-0.15, -0.1) is 0 Å². The normalized spacial score (nSPS) is 16.9. The lowest BCUT2D eigenvalue weighted by atomic mass is 9.84. The average molecular weight is 382 g/mol. The van der Waals surface area contributed by atoms with Crippen LogP contribution < -0.4 is 14.8 Å². The lowest BCUT2D eigenvalue weighted by Gasteiger charge is -2.29. The first-order valence-electron chi connectivity index (χ1n) is 9.63. The Kier molecular flexibility index (Phi) is 4.58. The molecular weight excluding hydrogens is 355 g/mol. The summed E-state index contributed by atoms with van der Waals surface area (Å²) in [5.41, 5.74) is 5.24. The summed E-state index contributed by atoms with van der Waals surface area (Å²) in [4.78, 5) is 3.50. The van der Waals surface area contributed by atoms with Gasteiger partial charge in [0.2, 0.25) is 0 Å². The standard InChI is InChI=1S/C23H27FN2O2/c1-23(2,3)17-12-19(27-4)16(11-20(17)28-5)21-22-14(8-9-25-21)15-10-13(24)6-7-18(15)26-22/h6-7,10-12,21,25-26H,8-9H2,1-5H3. The van der Waals surface area contributed by atoms with Crippen molar-refractivity contribution < 1.29 is 13.9 Å². The maximum Gasteiger partial charge on any atom is 0.124 e. The van der Waals surface area contributed by atoms with Crippen LogP contribution in [0.3, 0.4) is 0 Å². The molecule has 0 spiro atoms. The smallest absolute Gasteiger partial charge is 0.124 e. The van der Waals surface area contributed by atoms with Crippen LogP contribution >= 0.6 is 0 Å². The van der Waals surface area contributed by atoms with Crippen molar-refractivity contribution in [1.29, 1.82) is 0 Å². The largest absolute Gasteiger partial charge is 0.496 e. The molecule has 1 unspecified atom stereocenters. The third-order valence-electron chi connectivity index (χ3n) is 5.58. The van der Waals surface area contributed by atoms with Gasteiger partial charge in [0.25, 0.3) is 0 Å². The first-order valence-corrected chi connectivity index (χ1v) is 9.63. The number of aromatic amines is 1. The van der Waals surface area contributed by atoms with E-state index in [1.165, 1.54) is 11.6 Å². The fourth-order valence-electron chi connectivity index (χ4n) is 4.20. The van der Waals surface area contributed by atoms with Crippen LogP contribution in [0.25, 0.3) is 10.9 Å². The Morgan fingerprint density at radius 2 is 1.79 bits per heavy atom. The summed E-state index contributed by atoms with van der Waals surface area (Å²) in [5.74, 6) is 1.46. The van der Waals surface area contributed by atoms with Crippen LogP contribution in [0.15, 0.2) is 30.3 Å². The Hall–Kier alpha value is -2.53. The van der Waals surface area contributed by atoms with Crippen molar-refractivity contribution in [1.82, 2.24) is 10.3 Å². The Labute approximate surface area is 165 Å². The topological polar surface area (TPSA) is 46.3 Å². The molecule has 3 aromatic rings. The van der Waals surface area contributed by atoms with Crippen LogP contribution in [0.2, 0.25) is 0 Å². The molecule has 4 rings (SSSR count). The SMILES string of the molecule is COc1cc(C(C)(C)C)c(OC)cc1C1NCCc2c1[nH]c1ccc(F)cc21. The van der Waals surface area contributed by atoms with Gasteiger partial charge in [0.15, 0.2) is 0 Å². The third-order valence-corrected chi connectivity index (χ3v) is 5.58. The lowest BCUT2D eigenvalue weighted by molar-refractivity contribution is 0.380. The first-order chi connectivity index (χ1) is 13.3. The van der Waals surface area contributed by atoms with E-state index in [1.54, 1.807) is 26.4 Å². The van der Waals surface area contributed by atoms with E-state index in [1.807, 2.05) is 0 Å². The van der Waals surface area contributed by atoms with Gasteiger partial charge in [-0.25, -0.2) is 4.39 Å². The number of aromatic nitrogens is 1. The molecule has 0 fully saturated rings.